The van der Waals surface area contributed by atoms with Gasteiger partial charge in [0.05, 0.1) is 7.11 Å². The maximum absolute atomic E-state index is 12.3. The predicted molar refractivity (Wildman–Crippen MR) is 86.2 cm³/mol. The van der Waals surface area contributed by atoms with Crippen LogP contribution in [0.1, 0.15) is 31.2 Å². The molecule has 1 aliphatic rings. The van der Waals surface area contributed by atoms with Gasteiger partial charge in [-0.1, -0.05) is 12.1 Å². The van der Waals surface area contributed by atoms with Gasteiger partial charge in [-0.25, -0.2) is 4.79 Å². The van der Waals surface area contributed by atoms with Crippen LogP contribution in [-0.4, -0.2) is 48.2 Å². The first-order chi connectivity index (χ1) is 11.1. The number of methoxy groups -OCH3 is 1. The second-order valence-corrected chi connectivity index (χ2v) is 5.79. The lowest BCUT2D eigenvalue weighted by molar-refractivity contribution is -0.133. The maximum Gasteiger partial charge on any atom is 0.407 e. The molecule has 0 spiro atoms. The minimum absolute atomic E-state index is 0.0324. The fourth-order valence-corrected chi connectivity index (χ4v) is 3.00. The van der Waals surface area contributed by atoms with Gasteiger partial charge in [-0.15, -0.1) is 0 Å². The fraction of sp³-hybridized carbons (Fsp3) is 0.529. The zero-order valence-corrected chi connectivity index (χ0v) is 13.5. The van der Waals surface area contributed by atoms with Crippen LogP contribution in [0.3, 0.4) is 0 Å². The number of hydrogen-bond donors (Lipinski definition) is 2. The number of phenolic OH excluding ortho intramolecular Hbond substituents is 1. The largest absolute Gasteiger partial charge is 0.508 e. The molecule has 6 heteroatoms. The summed E-state index contributed by atoms with van der Waals surface area (Å²) in [5.41, 5.74) is 1.07. The normalized spacial score (nSPS) is 17.6. The average molecular weight is 320 g/mol. The number of piperidine rings is 1. The smallest absolute Gasteiger partial charge is 0.407 e. The van der Waals surface area contributed by atoms with Gasteiger partial charge in [-0.2, -0.15) is 0 Å². The molecule has 2 amide bonds. The summed E-state index contributed by atoms with van der Waals surface area (Å²) in [4.78, 5) is 25.3. The molecule has 1 unspecified atom stereocenters. The highest BCUT2D eigenvalue weighted by molar-refractivity contribution is 5.82. The van der Waals surface area contributed by atoms with Crippen molar-refractivity contribution in [3.8, 4) is 5.75 Å². The number of nitrogens with one attached hydrogen (secondary N) is 1. The summed E-state index contributed by atoms with van der Waals surface area (Å²) in [5.74, 6) is 0.192. The molecule has 1 fully saturated rings. The van der Waals surface area contributed by atoms with E-state index in [1.807, 2.05) is 17.0 Å². The Labute approximate surface area is 136 Å². The summed E-state index contributed by atoms with van der Waals surface area (Å²) in [6, 6.07) is 7.40. The first-order valence-corrected chi connectivity index (χ1v) is 7.99. The van der Waals surface area contributed by atoms with Gasteiger partial charge in [0.1, 0.15) is 12.3 Å². The standard InChI is InChI=1S/C17H24N2O4/c1-23-17(22)18-12-16(21)19-10-3-2-6-14(19)9-8-13-5-4-7-15(20)11-13/h4-5,7,11,14,20H,2-3,6,8-10,12H2,1H3,(H,18,22). The van der Waals surface area contributed by atoms with Crippen LogP contribution in [0.15, 0.2) is 24.3 Å². The zero-order chi connectivity index (χ0) is 16.7. The Balaban J connectivity index is 1.90. The average Bonchev–Trinajstić information content (AvgIpc) is 2.58. The number of carbonyl (C=O) groups excluding carboxylic acids is 2. The molecule has 0 bridgehead atoms. The van der Waals surface area contributed by atoms with Crippen molar-refractivity contribution < 1.29 is 19.4 Å². The molecule has 1 aliphatic heterocycles. The van der Waals surface area contributed by atoms with E-state index in [0.29, 0.717) is 0 Å². The van der Waals surface area contributed by atoms with Crippen molar-refractivity contribution >= 4 is 12.0 Å². The molecular weight excluding hydrogens is 296 g/mol. The molecule has 1 atom stereocenters. The Kier molecular flexibility index (Phi) is 6.26. The first kappa shape index (κ1) is 17.1. The molecule has 1 saturated heterocycles. The van der Waals surface area contributed by atoms with E-state index in [1.54, 1.807) is 12.1 Å². The molecule has 1 aromatic carbocycles. The van der Waals surface area contributed by atoms with Crippen molar-refractivity contribution in [3.63, 3.8) is 0 Å². The highest BCUT2D eigenvalue weighted by Crippen LogP contribution is 2.22. The second-order valence-electron chi connectivity index (χ2n) is 5.79. The molecule has 0 aromatic heterocycles. The van der Waals surface area contributed by atoms with Gasteiger partial charge >= 0.3 is 6.09 Å². The monoisotopic (exact) mass is 320 g/mol. The SMILES string of the molecule is COC(=O)NCC(=O)N1CCCCC1CCc1cccc(O)c1. The van der Waals surface area contributed by atoms with Crippen LogP contribution in [0.2, 0.25) is 0 Å². The van der Waals surface area contributed by atoms with E-state index >= 15 is 0 Å². The molecule has 0 saturated carbocycles. The van der Waals surface area contributed by atoms with E-state index in [2.05, 4.69) is 10.1 Å². The molecule has 2 rings (SSSR count). The molecule has 23 heavy (non-hydrogen) atoms. The Morgan fingerprint density at radius 3 is 2.96 bits per heavy atom. The van der Waals surface area contributed by atoms with Crippen LogP contribution in [-0.2, 0) is 16.0 Å². The molecule has 0 aliphatic carbocycles. The van der Waals surface area contributed by atoms with Gasteiger partial charge < -0.3 is 20.1 Å². The Morgan fingerprint density at radius 2 is 2.22 bits per heavy atom. The zero-order valence-electron chi connectivity index (χ0n) is 13.5. The van der Waals surface area contributed by atoms with Crippen LogP contribution < -0.4 is 5.32 Å². The lowest BCUT2D eigenvalue weighted by Crippen LogP contribution is -2.48. The summed E-state index contributed by atoms with van der Waals surface area (Å²) in [5, 5.41) is 12.0. The van der Waals surface area contributed by atoms with Gasteiger partial charge in [0, 0.05) is 12.6 Å². The van der Waals surface area contributed by atoms with Crippen molar-refractivity contribution in [1.29, 1.82) is 0 Å². The molecule has 1 aromatic rings. The lowest BCUT2D eigenvalue weighted by Gasteiger charge is -2.36. The lowest BCUT2D eigenvalue weighted by atomic mass is 9.95. The molecular formula is C17H24N2O4. The van der Waals surface area contributed by atoms with Gasteiger partial charge in [0.25, 0.3) is 0 Å². The van der Waals surface area contributed by atoms with Gasteiger partial charge in [0.2, 0.25) is 5.91 Å². The molecule has 1 heterocycles. The van der Waals surface area contributed by atoms with Crippen LogP contribution in [0.5, 0.6) is 5.75 Å². The molecule has 0 radical (unpaired) electrons. The number of alkyl carbamates (subject to hydrolysis) is 1. The van der Waals surface area contributed by atoms with Crippen molar-refractivity contribution in [2.24, 2.45) is 0 Å². The number of amides is 2. The Bertz CT molecular complexity index is 547. The number of aromatic hydroxyl groups is 1. The van der Waals surface area contributed by atoms with Crippen LogP contribution in [0.25, 0.3) is 0 Å². The van der Waals surface area contributed by atoms with Gasteiger partial charge in [-0.3, -0.25) is 4.79 Å². The molecule has 126 valence electrons. The summed E-state index contributed by atoms with van der Waals surface area (Å²) >= 11 is 0. The molecule has 2 N–H and O–H groups in total. The minimum atomic E-state index is -0.591. The summed E-state index contributed by atoms with van der Waals surface area (Å²) in [7, 11) is 1.28. The first-order valence-electron chi connectivity index (χ1n) is 7.99. The minimum Gasteiger partial charge on any atom is -0.508 e. The maximum atomic E-state index is 12.3. The number of nitrogens with zero attached hydrogens (tertiary/aromatic N) is 1. The van der Waals surface area contributed by atoms with E-state index in [9.17, 15) is 14.7 Å². The third-order valence-electron chi connectivity index (χ3n) is 4.19. The number of ether oxygens (including phenoxy) is 1. The van der Waals surface area contributed by atoms with E-state index in [4.69, 9.17) is 0 Å². The van der Waals surface area contributed by atoms with E-state index < -0.39 is 6.09 Å². The number of rotatable bonds is 5. The van der Waals surface area contributed by atoms with Crippen molar-refractivity contribution in [1.82, 2.24) is 10.2 Å². The summed E-state index contributed by atoms with van der Waals surface area (Å²) in [6.07, 6.45) is 4.15. The Morgan fingerprint density at radius 1 is 1.39 bits per heavy atom. The second kappa shape index (κ2) is 8.41. The number of hydrogen-bond acceptors (Lipinski definition) is 4. The highest BCUT2D eigenvalue weighted by Gasteiger charge is 2.26. The predicted octanol–water partition coefficient (Wildman–Crippen LogP) is 2.06. The highest BCUT2D eigenvalue weighted by atomic mass is 16.5. The van der Waals surface area contributed by atoms with Crippen LogP contribution >= 0.6 is 0 Å². The van der Waals surface area contributed by atoms with Crippen molar-refractivity contribution in [2.75, 3.05) is 20.2 Å². The summed E-state index contributed by atoms with van der Waals surface area (Å²) < 4.78 is 4.49. The number of aryl methyl sites for hydroxylation is 1. The van der Waals surface area contributed by atoms with E-state index in [-0.39, 0.29) is 24.2 Å². The summed E-state index contributed by atoms with van der Waals surface area (Å²) in [6.45, 7) is 0.696. The Hall–Kier alpha value is -2.24. The van der Waals surface area contributed by atoms with Crippen LogP contribution in [0, 0.1) is 0 Å². The van der Waals surface area contributed by atoms with Gasteiger partial charge in [-0.05, 0) is 49.8 Å². The molecule has 6 nitrogen and oxygen atoms in total. The van der Waals surface area contributed by atoms with Crippen LogP contribution in [0.4, 0.5) is 4.79 Å². The third kappa shape index (κ3) is 5.16. The number of phenols is 1. The third-order valence-corrected chi connectivity index (χ3v) is 4.19. The topological polar surface area (TPSA) is 78.9 Å². The number of carbonyl (C=O) groups is 2. The van der Waals surface area contributed by atoms with Crippen molar-refractivity contribution in [2.45, 2.75) is 38.1 Å². The quantitative estimate of drug-likeness (QED) is 0.870. The van der Waals surface area contributed by atoms with Crippen molar-refractivity contribution in [3.05, 3.63) is 29.8 Å². The fourth-order valence-electron chi connectivity index (χ4n) is 3.00. The van der Waals surface area contributed by atoms with E-state index in [1.165, 1.54) is 7.11 Å². The number of benzene rings is 1. The van der Waals surface area contributed by atoms with E-state index in [0.717, 1.165) is 44.2 Å². The van der Waals surface area contributed by atoms with Gasteiger partial charge in [0.15, 0.2) is 0 Å². The number of likely N-dealkylation sites (tertiary alicyclic amines) is 1.